The molecule has 0 aliphatic heterocycles. The van der Waals surface area contributed by atoms with Crippen molar-refractivity contribution in [3.63, 3.8) is 0 Å². The predicted molar refractivity (Wildman–Crippen MR) is 135 cm³/mol. The number of fused-ring (bicyclic) bond motifs is 1. The summed E-state index contributed by atoms with van der Waals surface area (Å²) in [6.07, 6.45) is 3.67. The summed E-state index contributed by atoms with van der Waals surface area (Å²) in [5.41, 5.74) is 6.35. The highest BCUT2D eigenvalue weighted by atomic mass is 32.2. The van der Waals surface area contributed by atoms with Crippen molar-refractivity contribution >= 4 is 28.7 Å². The summed E-state index contributed by atoms with van der Waals surface area (Å²) in [5.74, 6) is 0.733. The van der Waals surface area contributed by atoms with E-state index in [-0.39, 0.29) is 5.91 Å². The molecule has 0 unspecified atom stereocenters. The number of nitrogens with zero attached hydrogens (tertiary/aromatic N) is 4. The summed E-state index contributed by atoms with van der Waals surface area (Å²) < 4.78 is 2.24. The van der Waals surface area contributed by atoms with Crippen molar-refractivity contribution < 1.29 is 4.79 Å². The van der Waals surface area contributed by atoms with E-state index in [4.69, 9.17) is 4.98 Å². The number of hydrogen-bond acceptors (Lipinski definition) is 5. The third-order valence-corrected chi connectivity index (χ3v) is 6.58. The molecule has 2 aromatic heterocycles. The van der Waals surface area contributed by atoms with Crippen molar-refractivity contribution in [3.8, 4) is 0 Å². The van der Waals surface area contributed by atoms with Crippen molar-refractivity contribution in [3.05, 3.63) is 89.2 Å². The standard InChI is InChI=1S/C26H29N5OS/c1-19-6-4-5-7-22(19)17-31-24-16-27-13-12-23(24)29-26(31)33-18-20-8-10-21(11-9-20)25(32)28-14-15-30(2)3/h4-13,16H,14-15,17-18H2,1-3H3,(H,28,32). The van der Waals surface area contributed by atoms with Gasteiger partial charge in [0.1, 0.15) is 0 Å². The van der Waals surface area contributed by atoms with Gasteiger partial charge in [-0.1, -0.05) is 48.2 Å². The minimum Gasteiger partial charge on any atom is -0.351 e. The molecular weight excluding hydrogens is 430 g/mol. The van der Waals surface area contributed by atoms with E-state index in [1.54, 1.807) is 18.0 Å². The molecule has 0 radical (unpaired) electrons. The molecule has 0 fully saturated rings. The molecule has 1 amide bonds. The van der Waals surface area contributed by atoms with Crippen LogP contribution in [-0.4, -0.2) is 52.5 Å². The molecule has 0 saturated heterocycles. The maximum atomic E-state index is 12.3. The molecule has 0 bridgehead atoms. The Morgan fingerprint density at radius 2 is 1.88 bits per heavy atom. The Hall–Kier alpha value is -3.16. The van der Waals surface area contributed by atoms with E-state index >= 15 is 0 Å². The summed E-state index contributed by atoms with van der Waals surface area (Å²) in [7, 11) is 3.98. The fourth-order valence-corrected chi connectivity index (χ4v) is 4.53. The second-order valence-corrected chi connectivity index (χ2v) is 9.26. The van der Waals surface area contributed by atoms with Crippen LogP contribution in [0.2, 0.25) is 0 Å². The average Bonchev–Trinajstić information content (AvgIpc) is 3.16. The normalized spacial score (nSPS) is 11.3. The number of carbonyl (C=O) groups is 1. The molecule has 0 aliphatic rings. The number of benzene rings is 2. The van der Waals surface area contributed by atoms with Gasteiger partial charge in [-0.25, -0.2) is 4.98 Å². The lowest BCUT2D eigenvalue weighted by molar-refractivity contribution is 0.0951. The maximum Gasteiger partial charge on any atom is 0.251 e. The first-order valence-corrected chi connectivity index (χ1v) is 12.0. The van der Waals surface area contributed by atoms with Gasteiger partial charge in [-0.2, -0.15) is 0 Å². The number of aryl methyl sites for hydroxylation is 1. The topological polar surface area (TPSA) is 63.1 Å². The van der Waals surface area contributed by atoms with Crippen molar-refractivity contribution in [2.45, 2.75) is 24.4 Å². The van der Waals surface area contributed by atoms with Crippen LogP contribution in [0.4, 0.5) is 0 Å². The van der Waals surface area contributed by atoms with Gasteiger partial charge in [0.05, 0.1) is 23.8 Å². The fourth-order valence-electron chi connectivity index (χ4n) is 3.56. The van der Waals surface area contributed by atoms with Crippen LogP contribution >= 0.6 is 11.8 Å². The summed E-state index contributed by atoms with van der Waals surface area (Å²) in [6.45, 7) is 4.34. The molecule has 170 valence electrons. The SMILES string of the molecule is Cc1ccccc1Cn1c(SCc2ccc(C(=O)NCCN(C)C)cc2)nc2ccncc21. The number of hydrogen-bond donors (Lipinski definition) is 1. The van der Waals surface area contributed by atoms with E-state index < -0.39 is 0 Å². The second-order valence-electron chi connectivity index (χ2n) is 8.32. The van der Waals surface area contributed by atoms with Crippen LogP contribution in [0.5, 0.6) is 0 Å². The molecule has 7 heteroatoms. The van der Waals surface area contributed by atoms with Gasteiger partial charge in [-0.05, 0) is 55.9 Å². The molecule has 6 nitrogen and oxygen atoms in total. The van der Waals surface area contributed by atoms with Crippen LogP contribution in [0.3, 0.4) is 0 Å². The number of nitrogens with one attached hydrogen (secondary N) is 1. The van der Waals surface area contributed by atoms with Crippen LogP contribution in [0, 0.1) is 6.92 Å². The highest BCUT2D eigenvalue weighted by molar-refractivity contribution is 7.98. The fraction of sp³-hybridized carbons (Fsp3) is 0.269. The Bertz CT molecular complexity index is 1230. The van der Waals surface area contributed by atoms with Crippen LogP contribution in [0.25, 0.3) is 11.0 Å². The zero-order valence-electron chi connectivity index (χ0n) is 19.3. The highest BCUT2D eigenvalue weighted by Gasteiger charge is 2.13. The number of pyridine rings is 1. The lowest BCUT2D eigenvalue weighted by atomic mass is 10.1. The van der Waals surface area contributed by atoms with Gasteiger partial charge in [0.2, 0.25) is 0 Å². The Kier molecular flexibility index (Phi) is 7.42. The van der Waals surface area contributed by atoms with E-state index in [9.17, 15) is 4.79 Å². The number of rotatable bonds is 9. The summed E-state index contributed by atoms with van der Waals surface area (Å²) in [6, 6.07) is 18.2. The molecule has 0 aliphatic carbocycles. The monoisotopic (exact) mass is 459 g/mol. The second kappa shape index (κ2) is 10.6. The quantitative estimate of drug-likeness (QED) is 0.377. The third kappa shape index (κ3) is 5.80. The Balaban J connectivity index is 1.47. The molecule has 2 aromatic carbocycles. The van der Waals surface area contributed by atoms with Crippen molar-refractivity contribution in [2.75, 3.05) is 27.2 Å². The zero-order chi connectivity index (χ0) is 23.2. The van der Waals surface area contributed by atoms with E-state index in [1.165, 1.54) is 11.1 Å². The van der Waals surface area contributed by atoms with E-state index in [0.717, 1.165) is 40.6 Å². The third-order valence-electron chi connectivity index (χ3n) is 5.53. The number of amides is 1. The summed E-state index contributed by atoms with van der Waals surface area (Å²) in [4.78, 5) is 23.5. The van der Waals surface area contributed by atoms with Crippen molar-refractivity contribution in [1.82, 2.24) is 24.8 Å². The Morgan fingerprint density at radius 3 is 2.64 bits per heavy atom. The first kappa shape index (κ1) is 23.0. The van der Waals surface area contributed by atoms with Gasteiger partial charge < -0.3 is 14.8 Å². The molecule has 0 spiro atoms. The maximum absolute atomic E-state index is 12.3. The minimum absolute atomic E-state index is 0.0384. The number of likely N-dealkylation sites (N-methyl/N-ethyl adjacent to an activating group) is 1. The van der Waals surface area contributed by atoms with Gasteiger partial charge in [0, 0.05) is 30.6 Å². The number of carbonyl (C=O) groups excluding carboxylic acids is 1. The van der Waals surface area contributed by atoms with Gasteiger partial charge in [0.25, 0.3) is 5.91 Å². The smallest absolute Gasteiger partial charge is 0.251 e. The molecule has 4 rings (SSSR count). The molecule has 1 N–H and O–H groups in total. The lowest BCUT2D eigenvalue weighted by Gasteiger charge is -2.12. The molecular formula is C26H29N5OS. The van der Waals surface area contributed by atoms with Gasteiger partial charge in [-0.3, -0.25) is 9.78 Å². The summed E-state index contributed by atoms with van der Waals surface area (Å²) >= 11 is 1.70. The minimum atomic E-state index is -0.0384. The van der Waals surface area contributed by atoms with Gasteiger partial charge >= 0.3 is 0 Å². The Labute approximate surface area is 199 Å². The average molecular weight is 460 g/mol. The molecule has 33 heavy (non-hydrogen) atoms. The number of aromatic nitrogens is 3. The van der Waals surface area contributed by atoms with Gasteiger partial charge in [-0.15, -0.1) is 0 Å². The Morgan fingerprint density at radius 1 is 1.09 bits per heavy atom. The van der Waals surface area contributed by atoms with E-state index in [2.05, 4.69) is 46.1 Å². The van der Waals surface area contributed by atoms with Crippen LogP contribution in [-0.2, 0) is 12.3 Å². The first-order valence-electron chi connectivity index (χ1n) is 11.0. The first-order chi connectivity index (χ1) is 16.0. The number of thioether (sulfide) groups is 1. The van der Waals surface area contributed by atoms with Crippen molar-refractivity contribution in [2.24, 2.45) is 0 Å². The van der Waals surface area contributed by atoms with Crippen molar-refractivity contribution in [1.29, 1.82) is 0 Å². The van der Waals surface area contributed by atoms with Crippen LogP contribution < -0.4 is 5.32 Å². The largest absolute Gasteiger partial charge is 0.351 e. The molecule has 4 aromatic rings. The zero-order valence-corrected chi connectivity index (χ0v) is 20.1. The lowest BCUT2D eigenvalue weighted by Crippen LogP contribution is -2.31. The van der Waals surface area contributed by atoms with Crippen LogP contribution in [0.1, 0.15) is 27.0 Å². The number of imidazole rings is 1. The van der Waals surface area contributed by atoms with E-state index in [0.29, 0.717) is 12.1 Å². The molecule has 0 atom stereocenters. The van der Waals surface area contributed by atoms with Gasteiger partial charge in [0.15, 0.2) is 5.16 Å². The predicted octanol–water partition coefficient (Wildman–Crippen LogP) is 4.37. The molecule has 2 heterocycles. The summed E-state index contributed by atoms with van der Waals surface area (Å²) in [5, 5.41) is 3.92. The molecule has 0 saturated carbocycles. The van der Waals surface area contributed by atoms with Crippen LogP contribution in [0.15, 0.2) is 72.1 Å². The van der Waals surface area contributed by atoms with E-state index in [1.807, 2.05) is 55.5 Å². The highest BCUT2D eigenvalue weighted by Crippen LogP contribution is 2.28.